The molecule has 2 rings (SSSR count). The van der Waals surface area contributed by atoms with E-state index in [0.29, 0.717) is 6.61 Å². The van der Waals surface area contributed by atoms with E-state index in [1.54, 1.807) is 23.0 Å². The Balaban J connectivity index is 2.03. The van der Waals surface area contributed by atoms with Crippen LogP contribution in [0.4, 0.5) is 4.39 Å². The summed E-state index contributed by atoms with van der Waals surface area (Å²) >= 11 is 0. The van der Waals surface area contributed by atoms with Gasteiger partial charge in [0.15, 0.2) is 11.6 Å². The Kier molecular flexibility index (Phi) is 4.16. The van der Waals surface area contributed by atoms with Gasteiger partial charge in [-0.2, -0.15) is 5.10 Å². The Morgan fingerprint density at radius 2 is 2.26 bits per heavy atom. The summed E-state index contributed by atoms with van der Waals surface area (Å²) in [6, 6.07) is 4.61. The quantitative estimate of drug-likeness (QED) is 0.902. The lowest BCUT2D eigenvalue weighted by Gasteiger charge is -2.09. The Morgan fingerprint density at radius 1 is 1.47 bits per heavy atom. The number of ether oxygens (including phenoxy) is 1. The largest absolute Gasteiger partial charge is 0.486 e. The number of hydrogen-bond acceptors (Lipinski definition) is 3. The fourth-order valence-corrected chi connectivity index (χ4v) is 1.73. The minimum atomic E-state index is -0.391. The molecular weight excluding hydrogens is 245 g/mol. The second-order valence-corrected chi connectivity index (χ2v) is 4.47. The van der Waals surface area contributed by atoms with Gasteiger partial charge in [-0.3, -0.25) is 4.68 Å². The van der Waals surface area contributed by atoms with Crippen molar-refractivity contribution in [1.82, 2.24) is 9.78 Å². The minimum absolute atomic E-state index is 0.189. The van der Waals surface area contributed by atoms with Crippen molar-refractivity contribution in [1.29, 1.82) is 0 Å². The lowest BCUT2D eigenvalue weighted by molar-refractivity contribution is 0.290. The fourth-order valence-electron chi connectivity index (χ4n) is 1.73. The molecule has 0 bridgehead atoms. The Morgan fingerprint density at radius 3 is 2.84 bits per heavy atom. The summed E-state index contributed by atoms with van der Waals surface area (Å²) in [5.41, 5.74) is 7.36. The van der Waals surface area contributed by atoms with Gasteiger partial charge in [0.1, 0.15) is 6.61 Å². The molecule has 19 heavy (non-hydrogen) atoms. The van der Waals surface area contributed by atoms with Crippen LogP contribution in [0.5, 0.6) is 5.75 Å². The van der Waals surface area contributed by atoms with Gasteiger partial charge in [-0.25, -0.2) is 4.39 Å². The summed E-state index contributed by atoms with van der Waals surface area (Å²) < 4.78 is 21.0. The van der Waals surface area contributed by atoms with Crippen molar-refractivity contribution in [3.63, 3.8) is 0 Å². The van der Waals surface area contributed by atoms with E-state index in [9.17, 15) is 4.39 Å². The third-order valence-electron chi connectivity index (χ3n) is 2.89. The molecule has 2 N–H and O–H groups in total. The van der Waals surface area contributed by atoms with Crippen LogP contribution in [0.2, 0.25) is 0 Å². The molecule has 1 aromatic heterocycles. The van der Waals surface area contributed by atoms with E-state index in [1.807, 2.05) is 20.0 Å². The van der Waals surface area contributed by atoms with E-state index in [1.165, 1.54) is 6.07 Å². The highest BCUT2D eigenvalue weighted by molar-refractivity contribution is 5.30. The molecule has 0 spiro atoms. The van der Waals surface area contributed by atoms with Crippen molar-refractivity contribution >= 4 is 0 Å². The molecule has 1 aromatic carbocycles. The summed E-state index contributed by atoms with van der Waals surface area (Å²) in [6.45, 7) is 4.92. The predicted molar refractivity (Wildman–Crippen MR) is 71.2 cm³/mol. The van der Waals surface area contributed by atoms with Crippen LogP contribution in [0.25, 0.3) is 0 Å². The molecule has 1 atom stereocenters. The lowest BCUT2D eigenvalue weighted by Crippen LogP contribution is -2.06. The molecule has 0 aliphatic rings. The van der Waals surface area contributed by atoms with E-state index in [4.69, 9.17) is 10.5 Å². The van der Waals surface area contributed by atoms with Crippen LogP contribution in [-0.4, -0.2) is 9.78 Å². The van der Waals surface area contributed by atoms with Gasteiger partial charge >= 0.3 is 0 Å². The maximum Gasteiger partial charge on any atom is 0.165 e. The molecule has 0 aliphatic carbocycles. The van der Waals surface area contributed by atoms with E-state index >= 15 is 0 Å². The van der Waals surface area contributed by atoms with Crippen LogP contribution in [0.3, 0.4) is 0 Å². The van der Waals surface area contributed by atoms with Crippen molar-refractivity contribution in [3.8, 4) is 5.75 Å². The van der Waals surface area contributed by atoms with Crippen LogP contribution in [0.1, 0.15) is 31.0 Å². The van der Waals surface area contributed by atoms with Crippen molar-refractivity contribution in [3.05, 3.63) is 47.5 Å². The second-order valence-electron chi connectivity index (χ2n) is 4.47. The van der Waals surface area contributed by atoms with Crippen molar-refractivity contribution in [2.45, 2.75) is 33.0 Å². The fraction of sp³-hybridized carbons (Fsp3) is 0.357. The first-order chi connectivity index (χ1) is 9.10. The molecule has 4 nitrogen and oxygen atoms in total. The lowest BCUT2D eigenvalue weighted by atomic mass is 10.1. The Hall–Kier alpha value is -1.88. The maximum absolute atomic E-state index is 13.8. The maximum atomic E-state index is 13.8. The zero-order valence-corrected chi connectivity index (χ0v) is 11.1. The van der Waals surface area contributed by atoms with Crippen molar-refractivity contribution in [2.75, 3.05) is 0 Å². The molecule has 2 aromatic rings. The first-order valence-electron chi connectivity index (χ1n) is 6.29. The van der Waals surface area contributed by atoms with Gasteiger partial charge in [0.25, 0.3) is 0 Å². The average molecular weight is 263 g/mol. The first kappa shape index (κ1) is 13.5. The van der Waals surface area contributed by atoms with Gasteiger partial charge in [0.2, 0.25) is 0 Å². The number of rotatable bonds is 5. The van der Waals surface area contributed by atoms with Crippen LogP contribution in [-0.2, 0) is 13.2 Å². The van der Waals surface area contributed by atoms with E-state index < -0.39 is 5.82 Å². The monoisotopic (exact) mass is 263 g/mol. The summed E-state index contributed by atoms with van der Waals surface area (Å²) in [4.78, 5) is 0. The average Bonchev–Trinajstić information content (AvgIpc) is 2.85. The van der Waals surface area contributed by atoms with Crippen molar-refractivity contribution < 1.29 is 9.13 Å². The number of aryl methyl sites for hydroxylation is 1. The van der Waals surface area contributed by atoms with E-state index in [-0.39, 0.29) is 11.8 Å². The molecule has 0 radical (unpaired) electrons. The van der Waals surface area contributed by atoms with E-state index in [0.717, 1.165) is 17.7 Å². The second kappa shape index (κ2) is 5.84. The predicted octanol–water partition coefficient (Wildman–Crippen LogP) is 2.64. The molecule has 5 heteroatoms. The van der Waals surface area contributed by atoms with Gasteiger partial charge < -0.3 is 10.5 Å². The first-order valence-corrected chi connectivity index (χ1v) is 6.29. The number of hydrogen-bond donors (Lipinski definition) is 1. The Labute approximate surface area is 112 Å². The van der Waals surface area contributed by atoms with Gasteiger partial charge in [-0.15, -0.1) is 0 Å². The summed E-state index contributed by atoms with van der Waals surface area (Å²) in [5, 5.41) is 4.13. The molecule has 0 fully saturated rings. The molecular formula is C14H18FN3O. The van der Waals surface area contributed by atoms with Gasteiger partial charge in [-0.05, 0) is 31.5 Å². The molecule has 0 saturated carbocycles. The highest BCUT2D eigenvalue weighted by Crippen LogP contribution is 2.22. The SMILES string of the molecule is CCn1cc(COc2ccc(C(C)N)cc2F)cn1. The third-order valence-corrected chi connectivity index (χ3v) is 2.89. The van der Waals surface area contributed by atoms with Crippen molar-refractivity contribution in [2.24, 2.45) is 5.73 Å². The highest BCUT2D eigenvalue weighted by atomic mass is 19.1. The molecule has 0 amide bonds. The summed E-state index contributed by atoms with van der Waals surface area (Å²) in [7, 11) is 0. The van der Waals surface area contributed by atoms with Crippen LogP contribution >= 0.6 is 0 Å². The molecule has 0 saturated heterocycles. The normalized spacial score (nSPS) is 12.4. The Bertz CT molecular complexity index is 551. The zero-order chi connectivity index (χ0) is 13.8. The highest BCUT2D eigenvalue weighted by Gasteiger charge is 2.08. The summed E-state index contributed by atoms with van der Waals surface area (Å²) in [5.74, 6) is -0.161. The number of aromatic nitrogens is 2. The van der Waals surface area contributed by atoms with Gasteiger partial charge in [0.05, 0.1) is 6.20 Å². The summed E-state index contributed by atoms with van der Waals surface area (Å²) in [6.07, 6.45) is 3.60. The molecule has 1 unspecified atom stereocenters. The zero-order valence-electron chi connectivity index (χ0n) is 11.1. The standard InChI is InChI=1S/C14H18FN3O/c1-3-18-8-11(7-17-18)9-19-14-5-4-12(10(2)16)6-13(14)15/h4-8,10H,3,9,16H2,1-2H3. The number of nitrogens with zero attached hydrogens (tertiary/aromatic N) is 2. The smallest absolute Gasteiger partial charge is 0.165 e. The van der Waals surface area contributed by atoms with Crippen LogP contribution in [0.15, 0.2) is 30.6 Å². The van der Waals surface area contributed by atoms with Gasteiger partial charge in [0, 0.05) is 24.3 Å². The molecule has 0 aliphatic heterocycles. The number of benzene rings is 1. The number of halogens is 1. The number of nitrogens with two attached hydrogens (primary N) is 1. The minimum Gasteiger partial charge on any atom is -0.486 e. The topological polar surface area (TPSA) is 53.1 Å². The molecule has 102 valence electrons. The van der Waals surface area contributed by atoms with E-state index in [2.05, 4.69) is 5.10 Å². The van der Waals surface area contributed by atoms with Gasteiger partial charge in [-0.1, -0.05) is 6.07 Å². The van der Waals surface area contributed by atoms with Crippen LogP contribution < -0.4 is 10.5 Å². The third kappa shape index (κ3) is 3.32. The molecule has 1 heterocycles. The van der Waals surface area contributed by atoms with Crippen LogP contribution in [0, 0.1) is 5.82 Å².